The van der Waals surface area contributed by atoms with Crippen molar-refractivity contribution in [2.75, 3.05) is 11.9 Å². The number of para-hydroxylation sites is 1. The highest BCUT2D eigenvalue weighted by Crippen LogP contribution is 2.32. The predicted molar refractivity (Wildman–Crippen MR) is 153 cm³/mol. The van der Waals surface area contributed by atoms with Crippen LogP contribution in [-0.4, -0.2) is 27.9 Å². The third-order valence-corrected chi connectivity index (χ3v) is 7.13. The zero-order valence-electron chi connectivity index (χ0n) is 22.0. The van der Waals surface area contributed by atoms with Crippen LogP contribution in [-0.2, 0) is 19.6 Å². The summed E-state index contributed by atoms with van der Waals surface area (Å²) in [6.45, 7) is 7.16. The summed E-state index contributed by atoms with van der Waals surface area (Å²) in [7, 11) is 2.01. The topological polar surface area (TPSA) is 67.6 Å². The fourth-order valence-corrected chi connectivity index (χ4v) is 5.17. The van der Waals surface area contributed by atoms with Gasteiger partial charge in [0.25, 0.3) is 0 Å². The molecule has 0 unspecified atom stereocenters. The minimum absolute atomic E-state index is 0.282. The SMILES string of the molecule is CCCc1c(C)nn(-c2c(Cl)cccc2Cl)c1COc1ccc(N(C)Cc2ccc(C(=O)O)cc2)c(C)c1. The van der Waals surface area contributed by atoms with E-state index in [1.54, 1.807) is 12.1 Å². The minimum atomic E-state index is -0.925. The van der Waals surface area contributed by atoms with Crippen LogP contribution in [0.3, 0.4) is 0 Å². The molecule has 8 heteroatoms. The van der Waals surface area contributed by atoms with Crippen LogP contribution < -0.4 is 9.64 Å². The number of aromatic nitrogens is 2. The zero-order chi connectivity index (χ0) is 27.4. The molecule has 0 saturated heterocycles. The highest BCUT2D eigenvalue weighted by molar-refractivity contribution is 6.37. The van der Waals surface area contributed by atoms with Gasteiger partial charge in [0.1, 0.15) is 18.0 Å². The molecule has 0 amide bonds. The van der Waals surface area contributed by atoms with E-state index in [1.165, 1.54) is 0 Å². The Labute approximate surface area is 233 Å². The van der Waals surface area contributed by atoms with Gasteiger partial charge in [-0.2, -0.15) is 5.10 Å². The first-order valence-corrected chi connectivity index (χ1v) is 13.2. The van der Waals surface area contributed by atoms with Gasteiger partial charge in [-0.3, -0.25) is 0 Å². The molecule has 0 bridgehead atoms. The third kappa shape index (κ3) is 5.98. The summed E-state index contributed by atoms with van der Waals surface area (Å²) in [5, 5.41) is 15.0. The first kappa shape index (κ1) is 27.6. The van der Waals surface area contributed by atoms with E-state index in [0.29, 0.717) is 28.9 Å². The molecule has 0 aliphatic rings. The zero-order valence-corrected chi connectivity index (χ0v) is 23.5. The van der Waals surface area contributed by atoms with E-state index >= 15 is 0 Å². The number of aryl methyl sites for hydroxylation is 2. The smallest absolute Gasteiger partial charge is 0.335 e. The second kappa shape index (κ2) is 11.9. The quantitative estimate of drug-likeness (QED) is 0.219. The maximum atomic E-state index is 11.1. The van der Waals surface area contributed by atoms with Gasteiger partial charge in [0.15, 0.2) is 0 Å². The van der Waals surface area contributed by atoms with Gasteiger partial charge in [0, 0.05) is 24.8 Å². The monoisotopic (exact) mass is 551 g/mol. The average molecular weight is 553 g/mol. The van der Waals surface area contributed by atoms with Crippen LogP contribution >= 0.6 is 23.2 Å². The Morgan fingerprint density at radius 3 is 2.34 bits per heavy atom. The lowest BCUT2D eigenvalue weighted by Crippen LogP contribution is -2.17. The Morgan fingerprint density at radius 1 is 1.05 bits per heavy atom. The molecule has 0 fully saturated rings. The summed E-state index contributed by atoms with van der Waals surface area (Å²) < 4.78 is 8.10. The van der Waals surface area contributed by atoms with Crippen molar-refractivity contribution in [3.05, 3.63) is 104 Å². The maximum Gasteiger partial charge on any atom is 0.335 e. The van der Waals surface area contributed by atoms with Crippen molar-refractivity contribution in [2.24, 2.45) is 0 Å². The van der Waals surface area contributed by atoms with Gasteiger partial charge in [0.05, 0.1) is 27.0 Å². The molecular weight excluding hydrogens is 521 g/mol. The molecule has 4 aromatic rings. The van der Waals surface area contributed by atoms with Gasteiger partial charge < -0.3 is 14.7 Å². The van der Waals surface area contributed by atoms with Crippen molar-refractivity contribution in [1.29, 1.82) is 0 Å². The molecule has 4 rings (SSSR count). The summed E-state index contributed by atoms with van der Waals surface area (Å²) in [6.07, 6.45) is 1.86. The lowest BCUT2D eigenvalue weighted by molar-refractivity contribution is 0.0697. The standard InChI is InChI=1S/C30H31Cl2N3O3/c1-5-7-24-20(3)33-35(29-25(31)8-6-9-26(29)32)28(24)18-38-23-14-15-27(19(2)16-23)34(4)17-21-10-12-22(13-11-21)30(36)37/h6,8-16H,5,7,17-18H2,1-4H3,(H,36,37). The number of nitrogens with zero attached hydrogens (tertiary/aromatic N) is 3. The molecular formula is C30H31Cl2N3O3. The second-order valence-electron chi connectivity index (χ2n) is 9.34. The van der Waals surface area contributed by atoms with Crippen molar-refractivity contribution in [1.82, 2.24) is 9.78 Å². The number of ether oxygens (including phenoxy) is 1. The molecule has 0 spiro atoms. The Morgan fingerprint density at radius 2 is 1.74 bits per heavy atom. The molecule has 3 aromatic carbocycles. The van der Waals surface area contributed by atoms with Crippen molar-refractivity contribution in [3.8, 4) is 11.4 Å². The largest absolute Gasteiger partial charge is 0.487 e. The molecule has 1 heterocycles. The van der Waals surface area contributed by atoms with E-state index in [0.717, 1.165) is 52.4 Å². The summed E-state index contributed by atoms with van der Waals surface area (Å²) in [6, 6.07) is 18.4. The molecule has 0 saturated carbocycles. The van der Waals surface area contributed by atoms with Crippen molar-refractivity contribution >= 4 is 34.9 Å². The van der Waals surface area contributed by atoms with E-state index in [1.807, 2.05) is 74.1 Å². The highest BCUT2D eigenvalue weighted by Gasteiger charge is 2.20. The van der Waals surface area contributed by atoms with Gasteiger partial charge in [-0.25, -0.2) is 9.48 Å². The first-order valence-electron chi connectivity index (χ1n) is 12.5. The van der Waals surface area contributed by atoms with E-state index in [4.69, 9.17) is 38.1 Å². The first-order chi connectivity index (χ1) is 18.2. The van der Waals surface area contributed by atoms with Crippen LogP contribution in [0.4, 0.5) is 5.69 Å². The number of aromatic carboxylic acids is 1. The minimum Gasteiger partial charge on any atom is -0.487 e. The summed E-state index contributed by atoms with van der Waals surface area (Å²) in [5.41, 5.74) is 7.12. The van der Waals surface area contributed by atoms with Gasteiger partial charge in [-0.1, -0.05) is 54.7 Å². The van der Waals surface area contributed by atoms with E-state index in [2.05, 4.69) is 11.8 Å². The highest BCUT2D eigenvalue weighted by atomic mass is 35.5. The van der Waals surface area contributed by atoms with Gasteiger partial charge in [0.2, 0.25) is 0 Å². The molecule has 0 radical (unpaired) electrons. The molecule has 0 aliphatic carbocycles. The lowest BCUT2D eigenvalue weighted by Gasteiger charge is -2.22. The molecule has 0 aliphatic heterocycles. The van der Waals surface area contributed by atoms with Crippen molar-refractivity contribution < 1.29 is 14.6 Å². The normalized spacial score (nSPS) is 11.0. The number of halogens is 2. The van der Waals surface area contributed by atoms with Gasteiger partial charge >= 0.3 is 5.97 Å². The Kier molecular flexibility index (Phi) is 8.65. The Bertz CT molecular complexity index is 1430. The maximum absolute atomic E-state index is 11.1. The van der Waals surface area contributed by atoms with Crippen LogP contribution in [0.5, 0.6) is 5.75 Å². The van der Waals surface area contributed by atoms with Crippen molar-refractivity contribution in [2.45, 2.75) is 46.8 Å². The molecule has 198 valence electrons. The molecule has 1 aromatic heterocycles. The Hall–Kier alpha value is -3.48. The predicted octanol–water partition coefficient (Wildman–Crippen LogP) is 7.66. The number of carboxylic acids is 1. The van der Waals surface area contributed by atoms with Crippen LogP contribution in [0.25, 0.3) is 5.69 Å². The number of anilines is 1. The van der Waals surface area contributed by atoms with Crippen LogP contribution in [0.1, 0.15) is 51.8 Å². The summed E-state index contributed by atoms with van der Waals surface area (Å²) in [4.78, 5) is 13.2. The van der Waals surface area contributed by atoms with Gasteiger partial charge in [-0.05, 0) is 73.9 Å². The molecule has 38 heavy (non-hydrogen) atoms. The van der Waals surface area contributed by atoms with Crippen LogP contribution in [0.15, 0.2) is 60.7 Å². The number of carbonyl (C=O) groups is 1. The molecule has 0 atom stereocenters. The number of carboxylic acid groups (broad SMARTS) is 1. The second-order valence-corrected chi connectivity index (χ2v) is 10.2. The number of rotatable bonds is 10. The molecule has 1 N–H and O–H groups in total. The lowest BCUT2D eigenvalue weighted by atomic mass is 10.1. The number of hydrogen-bond donors (Lipinski definition) is 1. The average Bonchev–Trinajstić information content (AvgIpc) is 3.17. The Balaban J connectivity index is 1.54. The fourth-order valence-electron chi connectivity index (χ4n) is 4.62. The number of hydrogen-bond acceptors (Lipinski definition) is 4. The van der Waals surface area contributed by atoms with Gasteiger partial charge in [-0.15, -0.1) is 0 Å². The third-order valence-electron chi connectivity index (χ3n) is 6.52. The van der Waals surface area contributed by atoms with E-state index in [9.17, 15) is 4.79 Å². The van der Waals surface area contributed by atoms with Crippen molar-refractivity contribution in [3.63, 3.8) is 0 Å². The molecule has 6 nitrogen and oxygen atoms in total. The number of benzene rings is 3. The summed E-state index contributed by atoms with van der Waals surface area (Å²) >= 11 is 13.0. The fraction of sp³-hybridized carbons (Fsp3) is 0.267. The van der Waals surface area contributed by atoms with Crippen LogP contribution in [0.2, 0.25) is 10.0 Å². The van der Waals surface area contributed by atoms with E-state index in [-0.39, 0.29) is 5.56 Å². The van der Waals surface area contributed by atoms with E-state index < -0.39 is 5.97 Å². The van der Waals surface area contributed by atoms with Crippen LogP contribution in [0, 0.1) is 13.8 Å². The summed E-state index contributed by atoms with van der Waals surface area (Å²) in [5.74, 6) is -0.171.